The second kappa shape index (κ2) is 7.28. The molecule has 0 saturated carbocycles. The smallest absolute Gasteiger partial charge is 0.433 e. The van der Waals surface area contributed by atoms with E-state index in [9.17, 15) is 18.0 Å². The van der Waals surface area contributed by atoms with E-state index in [1.165, 1.54) is 0 Å². The van der Waals surface area contributed by atoms with Crippen LogP contribution in [0.15, 0.2) is 18.5 Å². The summed E-state index contributed by atoms with van der Waals surface area (Å²) in [6, 6.07) is 2.48. The van der Waals surface area contributed by atoms with E-state index < -0.39 is 11.9 Å². The van der Waals surface area contributed by atoms with Gasteiger partial charge in [-0.1, -0.05) is 0 Å². The van der Waals surface area contributed by atoms with E-state index >= 15 is 0 Å². The lowest BCUT2D eigenvalue weighted by atomic mass is 10.0. The zero-order valence-electron chi connectivity index (χ0n) is 14.9. The molecule has 28 heavy (non-hydrogen) atoms. The van der Waals surface area contributed by atoms with Gasteiger partial charge in [0, 0.05) is 44.2 Å². The predicted octanol–water partition coefficient (Wildman–Crippen LogP) is 2.19. The number of aromatic nitrogens is 4. The first-order chi connectivity index (χ1) is 13.4. The molecule has 0 radical (unpaired) electrons. The minimum atomic E-state index is -4.51. The maximum Gasteiger partial charge on any atom is 0.433 e. The topological polar surface area (TPSA) is 85.2 Å². The largest absolute Gasteiger partial charge is 0.478 e. The molecule has 0 unspecified atom stereocenters. The molecule has 4 heterocycles. The number of fused-ring (bicyclic) bond motifs is 1. The number of alkyl halides is 3. The summed E-state index contributed by atoms with van der Waals surface area (Å²) in [5.41, 5.74) is -0.627. The number of carbonyl (C=O) groups excluding carboxylic acids is 1. The van der Waals surface area contributed by atoms with Gasteiger partial charge < -0.3 is 15.0 Å². The van der Waals surface area contributed by atoms with Gasteiger partial charge in [-0.15, -0.1) is 0 Å². The van der Waals surface area contributed by atoms with Crippen molar-refractivity contribution in [1.29, 1.82) is 0 Å². The summed E-state index contributed by atoms with van der Waals surface area (Å²) >= 11 is 0. The maximum absolute atomic E-state index is 12.8. The number of hydrogen-bond acceptors (Lipinski definition) is 6. The van der Waals surface area contributed by atoms with Gasteiger partial charge in [-0.05, 0) is 12.8 Å². The molecule has 4 rings (SSSR count). The Morgan fingerprint density at radius 3 is 2.68 bits per heavy atom. The Morgan fingerprint density at radius 1 is 1.18 bits per heavy atom. The van der Waals surface area contributed by atoms with Crippen molar-refractivity contribution in [2.24, 2.45) is 0 Å². The second-order valence-electron chi connectivity index (χ2n) is 6.79. The predicted molar refractivity (Wildman–Crippen MR) is 91.9 cm³/mol. The van der Waals surface area contributed by atoms with E-state index in [0.717, 1.165) is 25.4 Å². The number of likely N-dealkylation sites (tertiary alicyclic amines) is 1. The number of nitrogens with zero attached hydrogens (tertiary/aromatic N) is 5. The first-order valence-corrected chi connectivity index (χ1v) is 9.06. The van der Waals surface area contributed by atoms with Gasteiger partial charge in [0.15, 0.2) is 5.69 Å². The van der Waals surface area contributed by atoms with Crippen molar-refractivity contribution < 1.29 is 22.7 Å². The van der Waals surface area contributed by atoms with Crippen LogP contribution in [-0.4, -0.2) is 56.3 Å². The first kappa shape index (κ1) is 18.5. The van der Waals surface area contributed by atoms with Crippen LogP contribution in [0, 0.1) is 0 Å². The van der Waals surface area contributed by atoms with Crippen molar-refractivity contribution in [3.63, 3.8) is 0 Å². The molecule has 0 aliphatic carbocycles. The van der Waals surface area contributed by atoms with Gasteiger partial charge in [0.05, 0.1) is 6.61 Å². The highest BCUT2D eigenvalue weighted by molar-refractivity contribution is 5.92. The number of nitrogens with one attached hydrogen (secondary N) is 1. The average Bonchev–Trinajstić information content (AvgIpc) is 3.12. The molecule has 2 aliphatic rings. The van der Waals surface area contributed by atoms with Crippen molar-refractivity contribution in [2.45, 2.75) is 38.0 Å². The van der Waals surface area contributed by atoms with Crippen molar-refractivity contribution >= 4 is 11.7 Å². The van der Waals surface area contributed by atoms with Crippen LogP contribution < -0.4 is 10.1 Å². The van der Waals surface area contributed by atoms with Gasteiger partial charge in [-0.2, -0.15) is 18.3 Å². The van der Waals surface area contributed by atoms with Gasteiger partial charge >= 0.3 is 6.18 Å². The molecular weight excluding hydrogens is 377 g/mol. The summed E-state index contributed by atoms with van der Waals surface area (Å²) < 4.78 is 45.4. The number of rotatable bonds is 3. The maximum atomic E-state index is 12.8. The van der Waals surface area contributed by atoms with Gasteiger partial charge in [0.1, 0.15) is 17.8 Å². The van der Waals surface area contributed by atoms with E-state index in [1.54, 1.807) is 15.6 Å². The van der Waals surface area contributed by atoms with Crippen LogP contribution in [0.3, 0.4) is 0 Å². The Labute approximate surface area is 158 Å². The summed E-state index contributed by atoms with van der Waals surface area (Å²) in [6.07, 6.45) is -1.56. The number of amides is 1. The quantitative estimate of drug-likeness (QED) is 0.856. The van der Waals surface area contributed by atoms with Gasteiger partial charge in [-0.3, -0.25) is 4.79 Å². The number of carbonyl (C=O) groups is 1. The molecule has 1 N–H and O–H groups in total. The number of anilines is 1. The third kappa shape index (κ3) is 3.87. The molecule has 2 aromatic heterocycles. The van der Waals surface area contributed by atoms with Crippen molar-refractivity contribution in [2.75, 3.05) is 25.0 Å². The fraction of sp³-hybridized carbons (Fsp3) is 0.529. The number of ether oxygens (including phenoxy) is 1. The SMILES string of the molecule is O=C(c1cc2n(n1)CCCO2)N1CCC(Nc2cc(C(F)(F)F)ncn2)CC1. The van der Waals surface area contributed by atoms with E-state index in [-0.39, 0.29) is 17.8 Å². The summed E-state index contributed by atoms with van der Waals surface area (Å²) in [7, 11) is 0. The molecule has 1 saturated heterocycles. The molecule has 150 valence electrons. The Kier molecular flexibility index (Phi) is 4.82. The fourth-order valence-electron chi connectivity index (χ4n) is 3.36. The molecule has 0 spiro atoms. The Bertz CT molecular complexity index is 837. The molecule has 2 aromatic rings. The molecular formula is C17H19F3N6O2. The van der Waals surface area contributed by atoms with Gasteiger partial charge in [0.2, 0.25) is 5.88 Å². The molecule has 11 heteroatoms. The van der Waals surface area contributed by atoms with E-state index in [2.05, 4.69) is 20.4 Å². The third-order valence-corrected chi connectivity index (χ3v) is 4.82. The fourth-order valence-corrected chi connectivity index (χ4v) is 3.36. The lowest BCUT2D eigenvalue weighted by molar-refractivity contribution is -0.141. The van der Waals surface area contributed by atoms with Crippen LogP contribution in [-0.2, 0) is 12.7 Å². The monoisotopic (exact) mass is 396 g/mol. The van der Waals surface area contributed by atoms with Gasteiger partial charge in [0.25, 0.3) is 5.91 Å². The zero-order chi connectivity index (χ0) is 19.7. The minimum Gasteiger partial charge on any atom is -0.478 e. The van der Waals surface area contributed by atoms with Crippen molar-refractivity contribution in [1.82, 2.24) is 24.6 Å². The van der Waals surface area contributed by atoms with Gasteiger partial charge in [-0.25, -0.2) is 14.6 Å². The number of halogens is 3. The molecule has 2 aliphatic heterocycles. The zero-order valence-corrected chi connectivity index (χ0v) is 14.9. The lowest BCUT2D eigenvalue weighted by Gasteiger charge is -2.32. The number of piperidine rings is 1. The summed E-state index contributed by atoms with van der Waals surface area (Å²) in [5, 5.41) is 7.31. The highest BCUT2D eigenvalue weighted by Gasteiger charge is 2.33. The minimum absolute atomic E-state index is 0.0708. The average molecular weight is 396 g/mol. The van der Waals surface area contributed by atoms with Crippen molar-refractivity contribution in [3.8, 4) is 5.88 Å². The summed E-state index contributed by atoms with van der Waals surface area (Å²) in [5.74, 6) is 0.576. The second-order valence-corrected chi connectivity index (χ2v) is 6.79. The third-order valence-electron chi connectivity index (χ3n) is 4.82. The van der Waals surface area contributed by atoms with Crippen LogP contribution in [0.4, 0.5) is 19.0 Å². The molecule has 1 fully saturated rings. The van der Waals surface area contributed by atoms with Crippen LogP contribution in [0.1, 0.15) is 35.4 Å². The molecule has 8 nitrogen and oxygen atoms in total. The van der Waals surface area contributed by atoms with E-state index in [0.29, 0.717) is 44.1 Å². The number of hydrogen-bond donors (Lipinski definition) is 1. The summed E-state index contributed by atoms with van der Waals surface area (Å²) in [6.45, 7) is 2.32. The highest BCUT2D eigenvalue weighted by atomic mass is 19.4. The Hall–Kier alpha value is -2.85. The standard InChI is InChI=1S/C17H19F3N6O2/c18-17(19,20)13-9-14(22-10-21-13)23-11-2-5-25(6-3-11)16(27)12-8-15-26(24-12)4-1-7-28-15/h8-11H,1-7H2,(H,21,22,23). The molecule has 1 amide bonds. The lowest BCUT2D eigenvalue weighted by Crippen LogP contribution is -2.42. The number of aryl methyl sites for hydroxylation is 1. The Morgan fingerprint density at radius 2 is 1.96 bits per heavy atom. The van der Waals surface area contributed by atoms with Crippen LogP contribution in [0.2, 0.25) is 0 Å². The van der Waals surface area contributed by atoms with Crippen molar-refractivity contribution in [3.05, 3.63) is 29.8 Å². The molecule has 0 bridgehead atoms. The van der Waals surface area contributed by atoms with Crippen LogP contribution in [0.5, 0.6) is 5.88 Å². The highest BCUT2D eigenvalue weighted by Crippen LogP contribution is 2.28. The van der Waals surface area contributed by atoms with E-state index in [4.69, 9.17) is 4.74 Å². The Balaban J connectivity index is 1.34. The van der Waals surface area contributed by atoms with Crippen LogP contribution >= 0.6 is 0 Å². The van der Waals surface area contributed by atoms with E-state index in [1.807, 2.05) is 0 Å². The molecule has 0 atom stereocenters. The first-order valence-electron chi connectivity index (χ1n) is 9.06. The normalized spacial score (nSPS) is 17.8. The van der Waals surface area contributed by atoms with Crippen LogP contribution in [0.25, 0.3) is 0 Å². The summed E-state index contributed by atoms with van der Waals surface area (Å²) in [4.78, 5) is 21.5. The molecule has 0 aromatic carbocycles.